The van der Waals surface area contributed by atoms with E-state index < -0.39 is 0 Å². The van der Waals surface area contributed by atoms with Crippen LogP contribution in [0, 0.1) is 0 Å². The SMILES string of the molecule is O=C1c2ccccc2C(c2c[nH]c3ccccc23)N1CCc1ccc(Cl)cc1. The van der Waals surface area contributed by atoms with Gasteiger partial charge in [-0.15, -0.1) is 0 Å². The van der Waals surface area contributed by atoms with Gasteiger partial charge in [0.2, 0.25) is 0 Å². The molecule has 4 heteroatoms. The number of aromatic nitrogens is 1. The van der Waals surface area contributed by atoms with Crippen LogP contribution in [0.3, 0.4) is 0 Å². The standard InChI is InChI=1S/C24H19ClN2O/c25-17-11-9-16(10-12-17)13-14-27-23(19-6-1-2-7-20(19)24(27)28)21-15-26-22-8-4-3-5-18(21)22/h1-12,15,23,26H,13-14H2. The molecule has 4 aromatic rings. The van der Waals surface area contributed by atoms with Crippen molar-refractivity contribution in [3.05, 3.63) is 106 Å². The van der Waals surface area contributed by atoms with Gasteiger partial charge in [-0.25, -0.2) is 0 Å². The third-order valence-electron chi connectivity index (χ3n) is 5.53. The topological polar surface area (TPSA) is 36.1 Å². The van der Waals surface area contributed by atoms with Gasteiger partial charge in [-0.1, -0.05) is 60.1 Å². The van der Waals surface area contributed by atoms with Gasteiger partial charge in [-0.2, -0.15) is 0 Å². The van der Waals surface area contributed by atoms with Crippen LogP contribution in [0.25, 0.3) is 10.9 Å². The number of aromatic amines is 1. The quantitative estimate of drug-likeness (QED) is 0.486. The second-order valence-electron chi connectivity index (χ2n) is 7.15. The molecule has 2 heterocycles. The molecule has 1 unspecified atom stereocenters. The van der Waals surface area contributed by atoms with Gasteiger partial charge in [0.15, 0.2) is 0 Å². The number of benzene rings is 3. The summed E-state index contributed by atoms with van der Waals surface area (Å²) in [6.45, 7) is 0.652. The van der Waals surface area contributed by atoms with Crippen LogP contribution in [-0.4, -0.2) is 22.3 Å². The molecule has 138 valence electrons. The minimum absolute atomic E-state index is 0.0767. The zero-order valence-corrected chi connectivity index (χ0v) is 16.0. The van der Waals surface area contributed by atoms with E-state index in [1.54, 1.807) is 0 Å². The lowest BCUT2D eigenvalue weighted by molar-refractivity contribution is 0.0752. The number of hydrogen-bond acceptors (Lipinski definition) is 1. The van der Waals surface area contributed by atoms with Crippen LogP contribution in [0.2, 0.25) is 5.02 Å². The predicted octanol–water partition coefficient (Wildman–Crippen LogP) is 5.61. The lowest BCUT2D eigenvalue weighted by Crippen LogP contribution is -2.30. The van der Waals surface area contributed by atoms with Crippen LogP contribution in [-0.2, 0) is 6.42 Å². The number of nitrogens with one attached hydrogen (secondary N) is 1. The molecule has 1 amide bonds. The highest BCUT2D eigenvalue weighted by molar-refractivity contribution is 6.30. The van der Waals surface area contributed by atoms with Gasteiger partial charge in [0, 0.05) is 39.8 Å². The highest BCUT2D eigenvalue weighted by atomic mass is 35.5. The summed E-state index contributed by atoms with van der Waals surface area (Å²) < 4.78 is 0. The number of rotatable bonds is 4. The minimum Gasteiger partial charge on any atom is -0.361 e. The van der Waals surface area contributed by atoms with Crippen molar-refractivity contribution < 1.29 is 4.79 Å². The molecule has 1 N–H and O–H groups in total. The molecule has 5 rings (SSSR count). The number of carbonyl (C=O) groups excluding carboxylic acids is 1. The average Bonchev–Trinajstić information content (AvgIpc) is 3.27. The molecular formula is C24H19ClN2O. The number of amides is 1. The van der Waals surface area contributed by atoms with Crippen molar-refractivity contribution >= 4 is 28.4 Å². The molecule has 0 fully saturated rings. The predicted molar refractivity (Wildman–Crippen MR) is 113 cm³/mol. The molecule has 1 aliphatic rings. The van der Waals surface area contributed by atoms with Crippen LogP contribution in [0.5, 0.6) is 0 Å². The second kappa shape index (κ2) is 6.84. The smallest absolute Gasteiger partial charge is 0.255 e. The normalized spacial score (nSPS) is 16.0. The van der Waals surface area contributed by atoms with Crippen molar-refractivity contribution in [1.82, 2.24) is 9.88 Å². The van der Waals surface area contributed by atoms with Gasteiger partial charge in [-0.3, -0.25) is 4.79 Å². The van der Waals surface area contributed by atoms with Crippen LogP contribution >= 0.6 is 11.6 Å². The Kier molecular flexibility index (Phi) is 4.18. The Balaban J connectivity index is 1.55. The van der Waals surface area contributed by atoms with Crippen molar-refractivity contribution in [1.29, 1.82) is 0 Å². The maximum atomic E-state index is 13.2. The fraction of sp³-hybridized carbons (Fsp3) is 0.125. The summed E-state index contributed by atoms with van der Waals surface area (Å²) in [4.78, 5) is 18.6. The van der Waals surface area contributed by atoms with Crippen molar-refractivity contribution in [2.75, 3.05) is 6.54 Å². The largest absolute Gasteiger partial charge is 0.361 e. The summed E-state index contributed by atoms with van der Waals surface area (Å²) in [5.41, 5.74) is 5.28. The lowest BCUT2D eigenvalue weighted by Gasteiger charge is -2.25. The van der Waals surface area contributed by atoms with Gasteiger partial charge in [0.1, 0.15) is 0 Å². The number of H-pyrrole nitrogens is 1. The zero-order valence-electron chi connectivity index (χ0n) is 15.2. The Bertz CT molecular complexity index is 1160. The van der Waals surface area contributed by atoms with E-state index >= 15 is 0 Å². The van der Waals surface area contributed by atoms with E-state index in [1.807, 2.05) is 65.7 Å². The average molecular weight is 387 g/mol. The molecule has 0 spiro atoms. The first-order chi connectivity index (χ1) is 13.7. The van der Waals surface area contributed by atoms with Crippen molar-refractivity contribution in [3.63, 3.8) is 0 Å². The van der Waals surface area contributed by atoms with Gasteiger partial charge in [0.05, 0.1) is 6.04 Å². The van der Waals surface area contributed by atoms with E-state index in [-0.39, 0.29) is 11.9 Å². The van der Waals surface area contributed by atoms with Crippen LogP contribution in [0.4, 0.5) is 0 Å². The summed E-state index contributed by atoms with van der Waals surface area (Å²) in [5, 5.41) is 1.89. The fourth-order valence-corrected chi connectivity index (χ4v) is 4.28. The molecule has 0 bridgehead atoms. The van der Waals surface area contributed by atoms with E-state index in [9.17, 15) is 4.79 Å². The van der Waals surface area contributed by atoms with Crippen LogP contribution < -0.4 is 0 Å². The lowest BCUT2D eigenvalue weighted by atomic mass is 9.97. The third kappa shape index (κ3) is 2.79. The van der Waals surface area contributed by atoms with Crippen molar-refractivity contribution in [3.8, 4) is 0 Å². The molecule has 0 saturated heterocycles. The fourth-order valence-electron chi connectivity index (χ4n) is 4.16. The van der Waals surface area contributed by atoms with Crippen molar-refractivity contribution in [2.45, 2.75) is 12.5 Å². The Labute approximate surface area is 168 Å². The van der Waals surface area contributed by atoms with Crippen molar-refractivity contribution in [2.24, 2.45) is 0 Å². The van der Waals surface area contributed by atoms with Crippen LogP contribution in [0.15, 0.2) is 79.0 Å². The van der Waals surface area contributed by atoms with E-state index in [2.05, 4.69) is 23.2 Å². The van der Waals surface area contributed by atoms with E-state index in [1.165, 1.54) is 5.56 Å². The minimum atomic E-state index is -0.0767. The zero-order chi connectivity index (χ0) is 19.1. The van der Waals surface area contributed by atoms with Gasteiger partial charge < -0.3 is 9.88 Å². The second-order valence-corrected chi connectivity index (χ2v) is 7.59. The maximum absolute atomic E-state index is 13.2. The Morgan fingerprint density at radius 1 is 0.893 bits per heavy atom. The Morgan fingerprint density at radius 3 is 2.50 bits per heavy atom. The molecular weight excluding hydrogens is 368 g/mol. The molecule has 0 saturated carbocycles. The molecule has 1 atom stereocenters. The molecule has 3 nitrogen and oxygen atoms in total. The number of fused-ring (bicyclic) bond motifs is 2. The molecule has 1 aromatic heterocycles. The summed E-state index contributed by atoms with van der Waals surface area (Å²) in [7, 11) is 0. The summed E-state index contributed by atoms with van der Waals surface area (Å²) in [6.07, 6.45) is 2.83. The summed E-state index contributed by atoms with van der Waals surface area (Å²) in [6, 6.07) is 24.0. The Hall–Kier alpha value is -3.04. The maximum Gasteiger partial charge on any atom is 0.255 e. The van der Waals surface area contributed by atoms with Gasteiger partial charge in [-0.05, 0) is 41.8 Å². The number of hydrogen-bond donors (Lipinski definition) is 1. The molecule has 28 heavy (non-hydrogen) atoms. The molecule has 0 aliphatic carbocycles. The first-order valence-electron chi connectivity index (χ1n) is 9.43. The number of carbonyl (C=O) groups is 1. The monoisotopic (exact) mass is 386 g/mol. The summed E-state index contributed by atoms with van der Waals surface area (Å²) >= 11 is 6.00. The van der Waals surface area contributed by atoms with E-state index in [4.69, 9.17) is 11.6 Å². The number of para-hydroxylation sites is 1. The Morgan fingerprint density at radius 2 is 1.64 bits per heavy atom. The molecule has 1 aliphatic heterocycles. The third-order valence-corrected chi connectivity index (χ3v) is 5.78. The van der Waals surface area contributed by atoms with Crippen LogP contribution in [0.1, 0.15) is 33.1 Å². The van der Waals surface area contributed by atoms with E-state index in [0.717, 1.165) is 39.0 Å². The molecule has 3 aromatic carbocycles. The summed E-state index contributed by atoms with van der Waals surface area (Å²) in [5.74, 6) is 0.0971. The highest BCUT2D eigenvalue weighted by Crippen LogP contribution is 2.41. The highest BCUT2D eigenvalue weighted by Gasteiger charge is 2.38. The first-order valence-corrected chi connectivity index (χ1v) is 9.80. The van der Waals surface area contributed by atoms with E-state index in [0.29, 0.717) is 6.54 Å². The van der Waals surface area contributed by atoms with Gasteiger partial charge in [0.25, 0.3) is 5.91 Å². The molecule has 0 radical (unpaired) electrons. The van der Waals surface area contributed by atoms with Gasteiger partial charge >= 0.3 is 0 Å². The number of nitrogens with zero attached hydrogens (tertiary/aromatic N) is 1. The first kappa shape index (κ1) is 17.1. The number of halogens is 1.